The lowest BCUT2D eigenvalue weighted by Crippen LogP contribution is -2.40. The van der Waals surface area contributed by atoms with E-state index < -0.39 is 18.8 Å². The summed E-state index contributed by atoms with van der Waals surface area (Å²) in [5.41, 5.74) is 9.94. The molecule has 0 aromatic heterocycles. The second-order valence-electron chi connectivity index (χ2n) is 8.00. The smallest absolute Gasteiger partial charge is 0.405 e. The monoisotopic (exact) mass is 490 g/mol. The summed E-state index contributed by atoms with van der Waals surface area (Å²) in [6, 6.07) is 4.75. The van der Waals surface area contributed by atoms with Crippen molar-refractivity contribution in [3.05, 3.63) is 77.4 Å². The number of nitrogens with two attached hydrogens (primary N) is 1. The zero-order chi connectivity index (χ0) is 25.6. The van der Waals surface area contributed by atoms with Crippen LogP contribution in [0.3, 0.4) is 0 Å². The molecule has 3 rings (SSSR count). The molecule has 1 aliphatic carbocycles. The van der Waals surface area contributed by atoms with Gasteiger partial charge < -0.3 is 30.7 Å². The van der Waals surface area contributed by atoms with Gasteiger partial charge in [-0.1, -0.05) is 18.2 Å². The second-order valence-corrected chi connectivity index (χ2v) is 8.00. The molecule has 0 spiro atoms. The lowest BCUT2D eigenvalue weighted by molar-refractivity contribution is -0.122. The van der Waals surface area contributed by atoms with Crippen LogP contribution in [0.15, 0.2) is 71.9 Å². The maximum absolute atomic E-state index is 12.3. The van der Waals surface area contributed by atoms with Crippen LogP contribution in [0.1, 0.15) is 25.3 Å². The molecule has 188 valence electrons. The van der Waals surface area contributed by atoms with E-state index in [9.17, 15) is 18.0 Å². The Hall–Kier alpha value is -3.82. The van der Waals surface area contributed by atoms with Crippen LogP contribution in [0.4, 0.5) is 18.0 Å². The molecule has 1 aromatic carbocycles. The number of benzene rings is 1. The van der Waals surface area contributed by atoms with Gasteiger partial charge in [0.05, 0.1) is 19.9 Å². The van der Waals surface area contributed by atoms with Gasteiger partial charge in [-0.15, -0.1) is 0 Å². The molecule has 35 heavy (non-hydrogen) atoms. The summed E-state index contributed by atoms with van der Waals surface area (Å²) in [5.74, 6) is 1.28. The molecule has 2 aliphatic rings. The molecule has 10 heteroatoms. The van der Waals surface area contributed by atoms with Crippen molar-refractivity contribution >= 4 is 11.6 Å². The molecule has 7 nitrogen and oxygen atoms in total. The molecule has 1 atom stereocenters. The van der Waals surface area contributed by atoms with Gasteiger partial charge in [-0.3, -0.25) is 0 Å². The maximum Gasteiger partial charge on any atom is 0.405 e. The van der Waals surface area contributed by atoms with E-state index in [1.54, 1.807) is 20.3 Å². The first-order valence-electron chi connectivity index (χ1n) is 11.0. The number of amides is 2. The molecule has 0 fully saturated rings. The third kappa shape index (κ3) is 6.62. The van der Waals surface area contributed by atoms with Crippen LogP contribution in [0.2, 0.25) is 0 Å². The Balaban J connectivity index is 1.73. The Bertz CT molecular complexity index is 1100. The standard InChI is InChI=1S/C25H29F3N4O3/c1-16-11-18(17-7-8-22(34-2)23(13-17)35-3)9-10-32(16)21(14-29)19-5-4-6-20(12-19)31-24(33)30-15-25(26,27)28/h5,7-14,16H,4,6,15,29H2,1-3H3,(H2,30,31,33)/b21-14-. The number of alkyl halides is 3. The minimum absolute atomic E-state index is 0.0550. The molecule has 4 N–H and O–H groups in total. The summed E-state index contributed by atoms with van der Waals surface area (Å²) in [5, 5.41) is 4.31. The summed E-state index contributed by atoms with van der Waals surface area (Å²) in [6.07, 6.45) is 7.77. The number of hydrogen-bond acceptors (Lipinski definition) is 5. The average molecular weight is 491 g/mol. The van der Waals surface area contributed by atoms with Gasteiger partial charge in [0.25, 0.3) is 0 Å². The molecule has 0 saturated heterocycles. The number of carbonyl (C=O) groups excluding carboxylic acids is 1. The molecule has 0 radical (unpaired) electrons. The fraction of sp³-hybridized carbons (Fsp3) is 0.320. The normalized spacial score (nSPS) is 18.3. The van der Waals surface area contributed by atoms with Gasteiger partial charge in [0.1, 0.15) is 6.54 Å². The first-order chi connectivity index (χ1) is 16.6. The third-order valence-corrected chi connectivity index (χ3v) is 5.55. The quantitative estimate of drug-likeness (QED) is 0.521. The van der Waals surface area contributed by atoms with E-state index in [-0.39, 0.29) is 6.04 Å². The first kappa shape index (κ1) is 25.8. The van der Waals surface area contributed by atoms with Gasteiger partial charge in [0, 0.05) is 24.1 Å². The van der Waals surface area contributed by atoms with Crippen LogP contribution < -0.4 is 25.8 Å². The highest BCUT2D eigenvalue weighted by molar-refractivity contribution is 5.77. The van der Waals surface area contributed by atoms with E-state index in [4.69, 9.17) is 15.2 Å². The Morgan fingerprint density at radius 1 is 1.26 bits per heavy atom. The van der Waals surface area contributed by atoms with E-state index in [2.05, 4.69) is 11.4 Å². The van der Waals surface area contributed by atoms with E-state index in [1.807, 2.05) is 53.7 Å². The molecule has 1 aliphatic heterocycles. The van der Waals surface area contributed by atoms with Crippen molar-refractivity contribution in [3.63, 3.8) is 0 Å². The van der Waals surface area contributed by atoms with Gasteiger partial charge in [-0.25, -0.2) is 4.79 Å². The van der Waals surface area contributed by atoms with Gasteiger partial charge in [-0.05, 0) is 60.8 Å². The predicted molar refractivity (Wildman–Crippen MR) is 128 cm³/mol. The molecule has 0 saturated carbocycles. The summed E-state index contributed by atoms with van der Waals surface area (Å²) >= 11 is 0. The molecule has 2 amide bonds. The number of nitrogens with one attached hydrogen (secondary N) is 2. The number of halogens is 3. The Kier molecular flexibility index (Phi) is 8.16. The van der Waals surface area contributed by atoms with Crippen molar-refractivity contribution in [1.82, 2.24) is 15.5 Å². The zero-order valence-electron chi connectivity index (χ0n) is 19.8. The zero-order valence-corrected chi connectivity index (χ0v) is 19.8. The lowest BCUT2D eigenvalue weighted by atomic mass is 9.97. The molecule has 1 heterocycles. The topological polar surface area (TPSA) is 88.9 Å². The number of hydrogen-bond donors (Lipinski definition) is 3. The number of carbonyl (C=O) groups is 1. The number of ether oxygens (including phenoxy) is 2. The highest BCUT2D eigenvalue weighted by atomic mass is 19.4. The minimum atomic E-state index is -4.47. The Morgan fingerprint density at radius 2 is 2.00 bits per heavy atom. The molecule has 1 unspecified atom stereocenters. The minimum Gasteiger partial charge on any atom is -0.493 e. The average Bonchev–Trinajstić information content (AvgIpc) is 2.83. The van der Waals surface area contributed by atoms with Crippen LogP contribution in [0.5, 0.6) is 11.5 Å². The van der Waals surface area contributed by atoms with Crippen LogP contribution in [-0.4, -0.2) is 43.9 Å². The number of nitrogens with zero attached hydrogens (tertiary/aromatic N) is 1. The number of rotatable bonds is 7. The molecule has 1 aromatic rings. The van der Waals surface area contributed by atoms with Crippen LogP contribution in [0, 0.1) is 0 Å². The van der Waals surface area contributed by atoms with E-state index in [0.29, 0.717) is 35.7 Å². The fourth-order valence-electron chi connectivity index (χ4n) is 3.88. The van der Waals surface area contributed by atoms with Gasteiger partial charge in [0.15, 0.2) is 11.5 Å². The number of urea groups is 1. The summed E-state index contributed by atoms with van der Waals surface area (Å²) < 4.78 is 47.7. The number of allylic oxidation sites excluding steroid dienone is 5. The van der Waals surface area contributed by atoms with Crippen molar-refractivity contribution in [2.24, 2.45) is 5.73 Å². The van der Waals surface area contributed by atoms with Crippen molar-refractivity contribution in [1.29, 1.82) is 0 Å². The summed E-state index contributed by atoms with van der Waals surface area (Å²) in [6.45, 7) is 0.623. The van der Waals surface area contributed by atoms with Crippen LogP contribution in [0.25, 0.3) is 5.57 Å². The van der Waals surface area contributed by atoms with Crippen LogP contribution in [-0.2, 0) is 0 Å². The van der Waals surface area contributed by atoms with Crippen molar-refractivity contribution in [2.45, 2.75) is 32.0 Å². The maximum atomic E-state index is 12.3. The van der Waals surface area contributed by atoms with Crippen molar-refractivity contribution in [3.8, 4) is 11.5 Å². The lowest BCUT2D eigenvalue weighted by Gasteiger charge is -2.33. The Labute approximate surface area is 202 Å². The first-order valence-corrected chi connectivity index (χ1v) is 11.0. The highest BCUT2D eigenvalue weighted by Crippen LogP contribution is 2.34. The molecular weight excluding hydrogens is 461 g/mol. The van der Waals surface area contributed by atoms with E-state index >= 15 is 0 Å². The summed E-state index contributed by atoms with van der Waals surface area (Å²) in [4.78, 5) is 13.8. The van der Waals surface area contributed by atoms with Crippen molar-refractivity contribution < 1.29 is 27.4 Å². The van der Waals surface area contributed by atoms with Gasteiger partial charge in [0.2, 0.25) is 0 Å². The Morgan fingerprint density at radius 3 is 2.63 bits per heavy atom. The highest BCUT2D eigenvalue weighted by Gasteiger charge is 2.28. The van der Waals surface area contributed by atoms with E-state index in [1.165, 1.54) is 6.20 Å². The van der Waals surface area contributed by atoms with Gasteiger partial charge >= 0.3 is 12.2 Å². The summed E-state index contributed by atoms with van der Waals surface area (Å²) in [7, 11) is 3.17. The second kappa shape index (κ2) is 11.1. The molecular formula is C25H29F3N4O3. The van der Waals surface area contributed by atoms with Crippen molar-refractivity contribution in [2.75, 3.05) is 20.8 Å². The molecule has 0 bridgehead atoms. The fourth-order valence-corrected chi connectivity index (χ4v) is 3.88. The van der Waals surface area contributed by atoms with Crippen LogP contribution >= 0.6 is 0 Å². The SMILES string of the molecule is COc1ccc(C2=CC(C)N(/C(=C\N)C3=CCCC(NC(=O)NCC(F)(F)F)=C3)C=C2)cc1OC. The van der Waals surface area contributed by atoms with E-state index in [0.717, 1.165) is 16.7 Å². The number of methoxy groups -OCH3 is 2. The third-order valence-electron chi connectivity index (χ3n) is 5.55. The van der Waals surface area contributed by atoms with Gasteiger partial charge in [-0.2, -0.15) is 13.2 Å². The predicted octanol–water partition coefficient (Wildman–Crippen LogP) is 4.57. The largest absolute Gasteiger partial charge is 0.493 e.